The molecule has 18 heavy (non-hydrogen) atoms. The molecule has 0 saturated carbocycles. The van der Waals surface area contributed by atoms with E-state index in [0.29, 0.717) is 6.07 Å². The minimum Gasteiger partial charge on any atom is -0.333 e. The smallest absolute Gasteiger partial charge is 0.333 e. The van der Waals surface area contributed by atoms with Crippen molar-refractivity contribution in [1.29, 1.82) is 0 Å². The Morgan fingerprint density at radius 1 is 1.44 bits per heavy atom. The van der Waals surface area contributed by atoms with Gasteiger partial charge in [-0.05, 0) is 6.07 Å². The highest BCUT2D eigenvalue weighted by molar-refractivity contribution is 5.68. The first-order chi connectivity index (χ1) is 8.21. The topological polar surface area (TPSA) is 72.7 Å². The van der Waals surface area contributed by atoms with Crippen molar-refractivity contribution in [3.63, 3.8) is 0 Å². The van der Waals surface area contributed by atoms with Crippen LogP contribution in [-0.4, -0.2) is 17.2 Å². The van der Waals surface area contributed by atoms with Crippen LogP contribution < -0.4 is 5.06 Å². The van der Waals surface area contributed by atoms with Crippen molar-refractivity contribution in [3.8, 4) is 0 Å². The number of halogens is 3. The van der Waals surface area contributed by atoms with Crippen molar-refractivity contribution >= 4 is 17.3 Å². The molecule has 0 atom stereocenters. The van der Waals surface area contributed by atoms with E-state index in [-0.39, 0.29) is 0 Å². The average Bonchev–Trinajstić information content (AvgIpc) is 2.24. The van der Waals surface area contributed by atoms with E-state index in [1.165, 1.54) is 0 Å². The van der Waals surface area contributed by atoms with Crippen LogP contribution in [0.1, 0.15) is 6.92 Å². The minimum atomic E-state index is -5.00. The first kappa shape index (κ1) is 13.7. The monoisotopic (exact) mass is 264 g/mol. The number of non-ortho nitro benzene ring substituents is 1. The number of hydrogen-bond donors (Lipinski definition) is 0. The molecule has 9 heteroatoms. The largest absolute Gasteiger partial charge is 0.517 e. The lowest BCUT2D eigenvalue weighted by Gasteiger charge is -2.23. The number of benzene rings is 1. The lowest BCUT2D eigenvalue weighted by Crippen LogP contribution is -2.39. The van der Waals surface area contributed by atoms with Crippen LogP contribution in [0.25, 0.3) is 0 Å². The van der Waals surface area contributed by atoms with E-state index in [1.54, 1.807) is 0 Å². The summed E-state index contributed by atoms with van der Waals surface area (Å²) in [5.74, 6) is -1.20. The lowest BCUT2D eigenvalue weighted by atomic mass is 10.3. The molecule has 0 radical (unpaired) electrons. The Hall–Kier alpha value is -2.32. The summed E-state index contributed by atoms with van der Waals surface area (Å²) in [4.78, 5) is 24.2. The Bertz CT molecular complexity index is 475. The number of alkyl halides is 3. The molecule has 1 rings (SSSR count). The first-order valence-electron chi connectivity index (χ1n) is 4.52. The van der Waals surface area contributed by atoms with Crippen molar-refractivity contribution in [2.45, 2.75) is 13.2 Å². The molecule has 0 aromatic heterocycles. The Balaban J connectivity index is 3.17. The third-order valence-electron chi connectivity index (χ3n) is 1.73. The van der Waals surface area contributed by atoms with E-state index in [0.717, 1.165) is 25.1 Å². The molecule has 0 saturated heterocycles. The van der Waals surface area contributed by atoms with Gasteiger partial charge in [-0.15, -0.1) is 18.2 Å². The van der Waals surface area contributed by atoms with E-state index in [9.17, 15) is 28.1 Å². The molecule has 0 N–H and O–H groups in total. The van der Waals surface area contributed by atoms with Crippen molar-refractivity contribution < 1.29 is 27.7 Å². The van der Waals surface area contributed by atoms with Crippen LogP contribution in [0, 0.1) is 10.1 Å². The molecule has 0 fully saturated rings. The van der Waals surface area contributed by atoms with Gasteiger partial charge in [-0.25, -0.2) is 0 Å². The summed E-state index contributed by atoms with van der Waals surface area (Å²) in [6.07, 6.45) is -5.00. The number of hydroxylamine groups is 1. The average molecular weight is 264 g/mol. The van der Waals surface area contributed by atoms with Crippen LogP contribution in [0.15, 0.2) is 24.3 Å². The molecule has 0 aliphatic rings. The van der Waals surface area contributed by atoms with Gasteiger partial charge in [-0.1, -0.05) is 6.07 Å². The summed E-state index contributed by atoms with van der Waals surface area (Å²) >= 11 is 0. The number of nitrogens with zero attached hydrogens (tertiary/aromatic N) is 2. The first-order valence-corrected chi connectivity index (χ1v) is 4.52. The molecule has 0 aliphatic carbocycles. The molecule has 0 heterocycles. The summed E-state index contributed by atoms with van der Waals surface area (Å²) in [6, 6.07) is 3.65. The normalized spacial score (nSPS) is 10.9. The number of carbonyl (C=O) groups excluding carboxylic acids is 1. The molecule has 0 unspecified atom stereocenters. The summed E-state index contributed by atoms with van der Waals surface area (Å²) in [7, 11) is 0. The zero-order valence-corrected chi connectivity index (χ0v) is 8.97. The van der Waals surface area contributed by atoms with Crippen molar-refractivity contribution in [1.82, 2.24) is 0 Å². The third kappa shape index (κ3) is 3.34. The quantitative estimate of drug-likeness (QED) is 0.476. The fourth-order valence-electron chi connectivity index (χ4n) is 1.11. The molecule has 98 valence electrons. The van der Waals surface area contributed by atoms with Crippen molar-refractivity contribution in [3.05, 3.63) is 34.4 Å². The summed E-state index contributed by atoms with van der Waals surface area (Å²) in [6.45, 7) is 0.788. The predicted molar refractivity (Wildman–Crippen MR) is 53.4 cm³/mol. The standard InChI is InChI=1S/C9H7F3N2O4/c1-6(15)18-13(9(10,11)12)7-3-2-4-8(5-7)14(16)17/h2-5H,1H3. The summed E-state index contributed by atoms with van der Waals surface area (Å²) < 4.78 is 37.7. The lowest BCUT2D eigenvalue weighted by molar-refractivity contribution is -0.384. The Labute approximate surface area is 98.7 Å². The highest BCUT2D eigenvalue weighted by Crippen LogP contribution is 2.30. The van der Waals surface area contributed by atoms with Gasteiger partial charge in [0.1, 0.15) is 0 Å². The van der Waals surface area contributed by atoms with Crippen LogP contribution in [0.4, 0.5) is 24.5 Å². The predicted octanol–water partition coefficient (Wildman–Crippen LogP) is 2.40. The van der Waals surface area contributed by atoms with Crippen molar-refractivity contribution in [2.75, 3.05) is 5.06 Å². The highest BCUT2D eigenvalue weighted by Gasteiger charge is 2.41. The van der Waals surface area contributed by atoms with Gasteiger partial charge >= 0.3 is 12.3 Å². The Morgan fingerprint density at radius 2 is 2.06 bits per heavy atom. The zero-order valence-electron chi connectivity index (χ0n) is 8.97. The van der Waals surface area contributed by atoms with Crippen LogP contribution in [-0.2, 0) is 9.63 Å². The number of anilines is 1. The molecule has 0 aliphatic heterocycles. The molecule has 0 amide bonds. The van der Waals surface area contributed by atoms with Gasteiger partial charge in [0.25, 0.3) is 5.69 Å². The number of hydrogen-bond acceptors (Lipinski definition) is 5. The number of nitro groups is 1. The molecule has 0 bridgehead atoms. The van der Waals surface area contributed by atoms with E-state index in [2.05, 4.69) is 4.84 Å². The SMILES string of the molecule is CC(=O)ON(c1cccc([N+](=O)[O-])c1)C(F)(F)F. The van der Waals surface area contributed by atoms with E-state index >= 15 is 0 Å². The maximum absolute atomic E-state index is 12.6. The van der Waals surface area contributed by atoms with Gasteiger partial charge in [0.15, 0.2) is 0 Å². The number of rotatable bonds is 3. The Kier molecular flexibility index (Phi) is 3.74. The van der Waals surface area contributed by atoms with Gasteiger partial charge in [0.2, 0.25) is 0 Å². The Morgan fingerprint density at radius 3 is 2.50 bits per heavy atom. The van der Waals surface area contributed by atoms with Gasteiger partial charge in [-0.2, -0.15) is 0 Å². The third-order valence-corrected chi connectivity index (χ3v) is 1.73. The van der Waals surface area contributed by atoms with Gasteiger partial charge in [0.05, 0.1) is 10.6 Å². The fourth-order valence-corrected chi connectivity index (χ4v) is 1.11. The molecular formula is C9H7F3N2O4. The minimum absolute atomic E-state index is 0.547. The second-order valence-corrected chi connectivity index (χ2v) is 3.12. The maximum atomic E-state index is 12.6. The zero-order chi connectivity index (χ0) is 13.9. The number of carbonyl (C=O) groups is 1. The van der Waals surface area contributed by atoms with Crippen LogP contribution in [0.3, 0.4) is 0 Å². The molecule has 6 nitrogen and oxygen atoms in total. The van der Waals surface area contributed by atoms with Crippen LogP contribution >= 0.6 is 0 Å². The van der Waals surface area contributed by atoms with Gasteiger partial charge < -0.3 is 4.84 Å². The fraction of sp³-hybridized carbons (Fsp3) is 0.222. The van der Waals surface area contributed by atoms with E-state index in [4.69, 9.17) is 0 Å². The highest BCUT2D eigenvalue weighted by atomic mass is 19.4. The summed E-state index contributed by atoms with van der Waals surface area (Å²) in [5, 5.41) is 9.81. The van der Waals surface area contributed by atoms with Crippen LogP contribution in [0.2, 0.25) is 0 Å². The van der Waals surface area contributed by atoms with Gasteiger partial charge in [-0.3, -0.25) is 14.9 Å². The second-order valence-electron chi connectivity index (χ2n) is 3.12. The second kappa shape index (κ2) is 4.90. The van der Waals surface area contributed by atoms with Gasteiger partial charge in [0, 0.05) is 19.1 Å². The summed E-state index contributed by atoms with van der Waals surface area (Å²) in [5.41, 5.74) is -1.21. The van der Waals surface area contributed by atoms with E-state index in [1.807, 2.05) is 0 Å². The maximum Gasteiger partial charge on any atom is 0.517 e. The molecular weight excluding hydrogens is 257 g/mol. The van der Waals surface area contributed by atoms with Crippen LogP contribution in [0.5, 0.6) is 0 Å². The molecule has 1 aromatic carbocycles. The van der Waals surface area contributed by atoms with E-state index < -0.39 is 33.6 Å². The number of nitro benzene ring substituents is 1. The molecule has 1 aromatic rings. The van der Waals surface area contributed by atoms with Crippen molar-refractivity contribution in [2.24, 2.45) is 0 Å². The molecule has 0 spiro atoms.